The summed E-state index contributed by atoms with van der Waals surface area (Å²) in [6, 6.07) is 9.81. The lowest BCUT2D eigenvalue weighted by Crippen LogP contribution is -2.42. The van der Waals surface area contributed by atoms with Gasteiger partial charge in [0.05, 0.1) is 44.7 Å². The molecule has 7 heteroatoms. The van der Waals surface area contributed by atoms with Gasteiger partial charge in [0.25, 0.3) is 0 Å². The van der Waals surface area contributed by atoms with Crippen LogP contribution in [-0.4, -0.2) is 21.3 Å². The van der Waals surface area contributed by atoms with Crippen LogP contribution in [0.2, 0.25) is 0 Å². The summed E-state index contributed by atoms with van der Waals surface area (Å²) >= 11 is 0. The highest BCUT2D eigenvalue weighted by Crippen LogP contribution is 2.58. The van der Waals surface area contributed by atoms with Crippen LogP contribution >= 0.6 is 0 Å². The number of methoxy groups -OCH3 is 3. The number of benzene rings is 1. The van der Waals surface area contributed by atoms with Crippen molar-refractivity contribution < 1.29 is 14.2 Å². The molecule has 29 heavy (non-hydrogen) atoms. The van der Waals surface area contributed by atoms with Crippen LogP contribution in [0.5, 0.6) is 17.2 Å². The third-order valence-corrected chi connectivity index (χ3v) is 5.87. The van der Waals surface area contributed by atoms with Crippen LogP contribution in [0.1, 0.15) is 30.7 Å². The average molecular weight is 390 g/mol. The van der Waals surface area contributed by atoms with E-state index in [0.29, 0.717) is 22.8 Å². The van der Waals surface area contributed by atoms with Crippen LogP contribution in [0.3, 0.4) is 0 Å². The lowest BCUT2D eigenvalue weighted by atomic mass is 9.56. The molecule has 0 radical (unpaired) electrons. The van der Waals surface area contributed by atoms with Gasteiger partial charge in [-0.05, 0) is 36.8 Å². The monoisotopic (exact) mass is 390 g/mol. The van der Waals surface area contributed by atoms with Gasteiger partial charge in [-0.1, -0.05) is 6.08 Å². The fourth-order valence-corrected chi connectivity index (χ4v) is 4.51. The average Bonchev–Trinajstić information content (AvgIpc) is 2.77. The number of allylic oxidation sites excluding steroid dienone is 4. The Balaban J connectivity index is 2.39. The molecule has 2 aliphatic rings. The number of hydrogen-bond donors (Lipinski definition) is 1. The van der Waals surface area contributed by atoms with Crippen molar-refractivity contribution in [2.45, 2.75) is 25.2 Å². The Morgan fingerprint density at radius 3 is 2.17 bits per heavy atom. The maximum Gasteiger partial charge on any atom is 0.191 e. The molecular formula is C22H22N4O3. The van der Waals surface area contributed by atoms with E-state index in [1.807, 2.05) is 6.08 Å². The third kappa shape index (κ3) is 2.85. The fraction of sp³-hybridized carbons (Fsp3) is 0.409. The zero-order chi connectivity index (χ0) is 21.2. The Morgan fingerprint density at radius 2 is 1.62 bits per heavy atom. The Labute approximate surface area is 170 Å². The molecule has 0 fully saturated rings. The summed E-state index contributed by atoms with van der Waals surface area (Å²) in [5, 5.41) is 30.0. The van der Waals surface area contributed by atoms with Crippen molar-refractivity contribution in [1.82, 2.24) is 0 Å². The summed E-state index contributed by atoms with van der Waals surface area (Å²) in [7, 11) is 4.56. The highest BCUT2D eigenvalue weighted by Gasteiger charge is 2.54. The SMILES string of the molecule is COc1cc(OC)c([C@H]2[C@@H]3CCCC=C3C(C#N)=C(N)C2(C#N)C#N)cc1OC. The second-order valence-corrected chi connectivity index (χ2v) is 7.06. The topological polar surface area (TPSA) is 125 Å². The molecule has 0 saturated carbocycles. The van der Waals surface area contributed by atoms with Crippen molar-refractivity contribution in [2.75, 3.05) is 21.3 Å². The second kappa shape index (κ2) is 7.78. The number of fused-ring (bicyclic) bond motifs is 1. The minimum absolute atomic E-state index is 0.00348. The molecule has 7 nitrogen and oxygen atoms in total. The van der Waals surface area contributed by atoms with Gasteiger partial charge in [-0.15, -0.1) is 0 Å². The predicted molar refractivity (Wildman–Crippen MR) is 105 cm³/mol. The van der Waals surface area contributed by atoms with Gasteiger partial charge < -0.3 is 19.9 Å². The molecule has 0 unspecified atom stereocenters. The van der Waals surface area contributed by atoms with Crippen LogP contribution in [0.4, 0.5) is 0 Å². The number of rotatable bonds is 4. The van der Waals surface area contributed by atoms with Crippen LogP contribution in [-0.2, 0) is 0 Å². The fourth-order valence-electron chi connectivity index (χ4n) is 4.51. The van der Waals surface area contributed by atoms with E-state index in [0.717, 1.165) is 24.8 Å². The first-order valence-electron chi connectivity index (χ1n) is 9.26. The Hall–Kier alpha value is -3.63. The Morgan fingerprint density at radius 1 is 1.00 bits per heavy atom. The summed E-state index contributed by atoms with van der Waals surface area (Å²) in [5.41, 5.74) is 6.30. The molecule has 3 rings (SSSR count). The highest BCUT2D eigenvalue weighted by molar-refractivity contribution is 5.62. The van der Waals surface area contributed by atoms with Gasteiger partial charge in [-0.25, -0.2) is 0 Å². The van der Waals surface area contributed by atoms with Gasteiger partial charge in [-0.3, -0.25) is 0 Å². The van der Waals surface area contributed by atoms with E-state index in [1.165, 1.54) is 21.3 Å². The summed E-state index contributed by atoms with van der Waals surface area (Å²) in [6.45, 7) is 0. The van der Waals surface area contributed by atoms with E-state index in [4.69, 9.17) is 19.9 Å². The standard InChI is InChI=1S/C22H22N4O3/c1-27-17-9-19(29-3)18(28-2)8-15(17)20-14-7-5-4-6-13(14)16(10-23)21(26)22(20,11-24)12-25/h6,8-9,14,20H,4-5,7,26H2,1-3H3/t14-,20-/m1/s1. The maximum atomic E-state index is 10.1. The van der Waals surface area contributed by atoms with Crippen molar-refractivity contribution in [3.63, 3.8) is 0 Å². The first-order chi connectivity index (χ1) is 14.0. The molecule has 0 aromatic heterocycles. The Bertz CT molecular complexity index is 1010. The minimum Gasteiger partial charge on any atom is -0.496 e. The second-order valence-electron chi connectivity index (χ2n) is 7.06. The molecule has 2 N–H and O–H groups in total. The quantitative estimate of drug-likeness (QED) is 0.836. The maximum absolute atomic E-state index is 10.1. The van der Waals surface area contributed by atoms with Crippen molar-refractivity contribution in [3.05, 3.63) is 40.6 Å². The molecular weight excluding hydrogens is 368 g/mol. The largest absolute Gasteiger partial charge is 0.496 e. The number of hydrogen-bond acceptors (Lipinski definition) is 7. The molecule has 0 bridgehead atoms. The number of nitrogens with zero attached hydrogens (tertiary/aromatic N) is 3. The molecule has 0 aliphatic heterocycles. The lowest BCUT2D eigenvalue weighted by Gasteiger charge is -2.43. The first kappa shape index (κ1) is 20.1. The van der Waals surface area contributed by atoms with Crippen LogP contribution in [0.25, 0.3) is 0 Å². The van der Waals surface area contributed by atoms with Crippen molar-refractivity contribution in [3.8, 4) is 35.5 Å². The predicted octanol–water partition coefficient (Wildman–Crippen LogP) is 3.31. The summed E-state index contributed by atoms with van der Waals surface area (Å²) in [5.74, 6) is 0.584. The minimum atomic E-state index is -1.70. The van der Waals surface area contributed by atoms with Gasteiger partial charge >= 0.3 is 0 Å². The van der Waals surface area contributed by atoms with Gasteiger partial charge in [0.1, 0.15) is 11.8 Å². The lowest BCUT2D eigenvalue weighted by molar-refractivity contribution is 0.300. The number of ether oxygens (including phenoxy) is 3. The van der Waals surface area contributed by atoms with Crippen LogP contribution in [0, 0.1) is 45.3 Å². The molecule has 0 heterocycles. The van der Waals surface area contributed by atoms with Gasteiger partial charge in [0.2, 0.25) is 0 Å². The van der Waals surface area contributed by atoms with Gasteiger partial charge in [0.15, 0.2) is 16.9 Å². The smallest absolute Gasteiger partial charge is 0.191 e. The van der Waals surface area contributed by atoms with E-state index in [1.54, 1.807) is 12.1 Å². The van der Waals surface area contributed by atoms with E-state index in [9.17, 15) is 15.8 Å². The molecule has 1 aromatic carbocycles. The summed E-state index contributed by atoms with van der Waals surface area (Å²) in [4.78, 5) is 0. The van der Waals surface area contributed by atoms with Crippen molar-refractivity contribution in [2.24, 2.45) is 17.1 Å². The Kier molecular flexibility index (Phi) is 5.39. The molecule has 2 atom stereocenters. The zero-order valence-electron chi connectivity index (χ0n) is 16.7. The third-order valence-electron chi connectivity index (χ3n) is 5.87. The number of nitriles is 3. The van der Waals surface area contributed by atoms with E-state index in [-0.39, 0.29) is 17.2 Å². The van der Waals surface area contributed by atoms with E-state index >= 15 is 0 Å². The molecule has 0 amide bonds. The highest BCUT2D eigenvalue weighted by atomic mass is 16.5. The van der Waals surface area contributed by atoms with Crippen LogP contribution in [0.15, 0.2) is 35.1 Å². The van der Waals surface area contributed by atoms with Crippen molar-refractivity contribution in [1.29, 1.82) is 15.8 Å². The van der Waals surface area contributed by atoms with Gasteiger partial charge in [-0.2, -0.15) is 15.8 Å². The van der Waals surface area contributed by atoms with E-state index < -0.39 is 11.3 Å². The van der Waals surface area contributed by atoms with Gasteiger partial charge in [0, 0.05) is 17.5 Å². The van der Waals surface area contributed by atoms with Crippen molar-refractivity contribution >= 4 is 0 Å². The van der Waals surface area contributed by atoms with E-state index in [2.05, 4.69) is 18.2 Å². The van der Waals surface area contributed by atoms with Crippen LogP contribution < -0.4 is 19.9 Å². The zero-order valence-corrected chi connectivity index (χ0v) is 16.7. The molecule has 1 aromatic rings. The first-order valence-corrected chi connectivity index (χ1v) is 9.26. The summed E-state index contributed by atoms with van der Waals surface area (Å²) < 4.78 is 16.4. The number of nitrogens with two attached hydrogens (primary N) is 1. The molecule has 148 valence electrons. The normalized spacial score (nSPS) is 22.3. The molecule has 0 spiro atoms. The molecule has 0 saturated heterocycles. The molecule has 2 aliphatic carbocycles. The summed E-state index contributed by atoms with van der Waals surface area (Å²) in [6.07, 6.45) is 4.45.